The third-order valence-corrected chi connectivity index (χ3v) is 3.46. The fraction of sp³-hybridized carbons (Fsp3) is 0.389. The van der Waals surface area contributed by atoms with Crippen molar-refractivity contribution in [3.8, 4) is 5.75 Å². The zero-order valence-electron chi connectivity index (χ0n) is 13.2. The molecule has 0 spiro atoms. The quantitative estimate of drug-likeness (QED) is 0.859. The highest BCUT2D eigenvalue weighted by Gasteiger charge is 2.11. The Morgan fingerprint density at radius 3 is 1.86 bits per heavy atom. The molecule has 1 aromatic heterocycles. The van der Waals surface area contributed by atoms with E-state index in [1.54, 1.807) is 0 Å². The minimum Gasteiger partial charge on any atom is -0.491 e. The predicted molar refractivity (Wildman–Crippen MR) is 86.4 cm³/mol. The van der Waals surface area contributed by atoms with E-state index >= 15 is 0 Å². The SMILES string of the molecule is CC(C)Oc1ccc(C(C)N[C@H](C)c2ccncc2)cc1. The predicted octanol–water partition coefficient (Wildman–Crippen LogP) is 4.28. The summed E-state index contributed by atoms with van der Waals surface area (Å²) in [4.78, 5) is 4.06. The Bertz CT molecular complexity index is 537. The van der Waals surface area contributed by atoms with Gasteiger partial charge in [-0.15, -0.1) is 0 Å². The zero-order chi connectivity index (χ0) is 15.2. The van der Waals surface area contributed by atoms with Gasteiger partial charge in [0.2, 0.25) is 0 Å². The van der Waals surface area contributed by atoms with Crippen molar-refractivity contribution >= 4 is 0 Å². The van der Waals surface area contributed by atoms with E-state index in [4.69, 9.17) is 4.74 Å². The molecule has 0 amide bonds. The van der Waals surface area contributed by atoms with Gasteiger partial charge in [0.25, 0.3) is 0 Å². The molecule has 0 saturated heterocycles. The minimum atomic E-state index is 0.207. The summed E-state index contributed by atoms with van der Waals surface area (Å²) in [6.45, 7) is 8.42. The smallest absolute Gasteiger partial charge is 0.119 e. The number of benzene rings is 1. The number of nitrogens with zero attached hydrogens (tertiary/aromatic N) is 1. The first-order valence-corrected chi connectivity index (χ1v) is 7.49. The van der Waals surface area contributed by atoms with Crippen LogP contribution in [0.1, 0.15) is 50.9 Å². The largest absolute Gasteiger partial charge is 0.491 e. The van der Waals surface area contributed by atoms with Gasteiger partial charge in [-0.3, -0.25) is 4.98 Å². The molecule has 0 aliphatic rings. The van der Waals surface area contributed by atoms with E-state index in [9.17, 15) is 0 Å². The Kier molecular flexibility index (Phi) is 5.34. The Balaban J connectivity index is 1.98. The van der Waals surface area contributed by atoms with E-state index < -0.39 is 0 Å². The van der Waals surface area contributed by atoms with Crippen LogP contribution in [0.15, 0.2) is 48.8 Å². The number of ether oxygens (including phenoxy) is 1. The molecule has 1 heterocycles. The first-order chi connectivity index (χ1) is 10.1. The van der Waals surface area contributed by atoms with Crippen LogP contribution in [0.2, 0.25) is 0 Å². The van der Waals surface area contributed by atoms with Crippen molar-refractivity contribution in [2.45, 2.75) is 45.9 Å². The molecule has 1 aromatic carbocycles. The molecule has 21 heavy (non-hydrogen) atoms. The highest BCUT2D eigenvalue weighted by molar-refractivity contribution is 5.29. The molecule has 3 nitrogen and oxygen atoms in total. The topological polar surface area (TPSA) is 34.1 Å². The number of aromatic nitrogens is 1. The zero-order valence-corrected chi connectivity index (χ0v) is 13.2. The lowest BCUT2D eigenvalue weighted by molar-refractivity contribution is 0.242. The summed E-state index contributed by atoms with van der Waals surface area (Å²) in [5, 5.41) is 3.60. The van der Waals surface area contributed by atoms with Crippen molar-refractivity contribution in [3.05, 3.63) is 59.9 Å². The third kappa shape index (κ3) is 4.57. The normalized spacial score (nSPS) is 14.0. The second-order valence-corrected chi connectivity index (χ2v) is 5.63. The lowest BCUT2D eigenvalue weighted by atomic mass is 10.0. The number of nitrogens with one attached hydrogen (secondary N) is 1. The first-order valence-electron chi connectivity index (χ1n) is 7.49. The summed E-state index contributed by atoms with van der Waals surface area (Å²) >= 11 is 0. The Morgan fingerprint density at radius 1 is 0.810 bits per heavy atom. The molecule has 0 radical (unpaired) electrons. The number of pyridine rings is 1. The minimum absolute atomic E-state index is 0.207. The van der Waals surface area contributed by atoms with E-state index in [0.717, 1.165) is 5.75 Å². The monoisotopic (exact) mass is 284 g/mol. The van der Waals surface area contributed by atoms with Gasteiger partial charge in [0.05, 0.1) is 6.10 Å². The summed E-state index contributed by atoms with van der Waals surface area (Å²) in [6, 6.07) is 13.0. The summed E-state index contributed by atoms with van der Waals surface area (Å²) < 4.78 is 5.67. The fourth-order valence-corrected chi connectivity index (χ4v) is 2.33. The van der Waals surface area contributed by atoms with Crippen molar-refractivity contribution in [3.63, 3.8) is 0 Å². The second kappa shape index (κ2) is 7.23. The van der Waals surface area contributed by atoms with Crippen molar-refractivity contribution in [2.75, 3.05) is 0 Å². The van der Waals surface area contributed by atoms with Gasteiger partial charge in [0.1, 0.15) is 5.75 Å². The molecule has 0 saturated carbocycles. The second-order valence-electron chi connectivity index (χ2n) is 5.63. The van der Waals surface area contributed by atoms with Gasteiger partial charge < -0.3 is 10.1 Å². The van der Waals surface area contributed by atoms with Crippen LogP contribution in [0.25, 0.3) is 0 Å². The summed E-state index contributed by atoms with van der Waals surface area (Å²) in [7, 11) is 0. The molecule has 2 atom stereocenters. The highest BCUT2D eigenvalue weighted by Crippen LogP contribution is 2.21. The van der Waals surface area contributed by atoms with Gasteiger partial charge in [-0.1, -0.05) is 12.1 Å². The average molecular weight is 284 g/mol. The van der Waals surface area contributed by atoms with Crippen molar-refractivity contribution in [1.82, 2.24) is 10.3 Å². The van der Waals surface area contributed by atoms with E-state index in [1.807, 2.05) is 50.5 Å². The van der Waals surface area contributed by atoms with Crippen LogP contribution < -0.4 is 10.1 Å². The molecule has 2 rings (SSSR count). The Hall–Kier alpha value is -1.87. The molecule has 2 aromatic rings. The van der Waals surface area contributed by atoms with E-state index in [2.05, 4.69) is 36.3 Å². The first kappa shape index (κ1) is 15.5. The molecule has 0 aliphatic heterocycles. The fourth-order valence-electron chi connectivity index (χ4n) is 2.33. The van der Waals surface area contributed by atoms with E-state index in [-0.39, 0.29) is 18.2 Å². The summed E-state index contributed by atoms with van der Waals surface area (Å²) in [5.74, 6) is 0.920. The van der Waals surface area contributed by atoms with Crippen LogP contribution in [0, 0.1) is 0 Å². The molecular formula is C18H24N2O. The van der Waals surface area contributed by atoms with Crippen LogP contribution in [0.3, 0.4) is 0 Å². The van der Waals surface area contributed by atoms with Gasteiger partial charge in [-0.25, -0.2) is 0 Å². The molecule has 1 N–H and O–H groups in total. The maximum absolute atomic E-state index is 5.67. The van der Waals surface area contributed by atoms with Crippen LogP contribution in [-0.4, -0.2) is 11.1 Å². The Morgan fingerprint density at radius 2 is 1.33 bits per heavy atom. The lowest BCUT2D eigenvalue weighted by Crippen LogP contribution is -2.22. The van der Waals surface area contributed by atoms with Gasteiger partial charge >= 0.3 is 0 Å². The molecule has 0 bridgehead atoms. The van der Waals surface area contributed by atoms with Crippen molar-refractivity contribution in [2.24, 2.45) is 0 Å². The van der Waals surface area contributed by atoms with Crippen molar-refractivity contribution in [1.29, 1.82) is 0 Å². The van der Waals surface area contributed by atoms with Gasteiger partial charge in [0, 0.05) is 24.5 Å². The molecule has 3 heteroatoms. The molecule has 112 valence electrons. The number of hydrogen-bond donors (Lipinski definition) is 1. The van der Waals surface area contributed by atoms with Gasteiger partial charge in [-0.05, 0) is 63.1 Å². The van der Waals surface area contributed by atoms with Crippen LogP contribution >= 0.6 is 0 Å². The van der Waals surface area contributed by atoms with Crippen LogP contribution in [0.5, 0.6) is 5.75 Å². The molecule has 0 aliphatic carbocycles. The standard InChI is InChI=1S/C18H24N2O/c1-13(2)21-18-7-5-16(6-8-18)14(3)20-15(4)17-9-11-19-12-10-17/h5-15,20H,1-4H3/t14?,15-/m1/s1. The molecule has 0 fully saturated rings. The Labute approximate surface area is 127 Å². The van der Waals surface area contributed by atoms with E-state index in [1.165, 1.54) is 11.1 Å². The summed E-state index contributed by atoms with van der Waals surface area (Å²) in [5.41, 5.74) is 2.50. The van der Waals surface area contributed by atoms with Crippen molar-refractivity contribution < 1.29 is 4.74 Å². The highest BCUT2D eigenvalue weighted by atomic mass is 16.5. The van der Waals surface area contributed by atoms with Crippen LogP contribution in [0.4, 0.5) is 0 Å². The van der Waals surface area contributed by atoms with Gasteiger partial charge in [0.15, 0.2) is 0 Å². The lowest BCUT2D eigenvalue weighted by Gasteiger charge is -2.21. The summed E-state index contributed by atoms with van der Waals surface area (Å²) in [6.07, 6.45) is 3.87. The molecular weight excluding hydrogens is 260 g/mol. The van der Waals surface area contributed by atoms with Crippen LogP contribution in [-0.2, 0) is 0 Å². The third-order valence-electron chi connectivity index (χ3n) is 3.46. The molecule has 1 unspecified atom stereocenters. The van der Waals surface area contributed by atoms with Gasteiger partial charge in [-0.2, -0.15) is 0 Å². The maximum Gasteiger partial charge on any atom is 0.119 e. The number of rotatable bonds is 6. The van der Waals surface area contributed by atoms with E-state index in [0.29, 0.717) is 0 Å². The maximum atomic E-state index is 5.67. The number of hydrogen-bond acceptors (Lipinski definition) is 3. The average Bonchev–Trinajstić information content (AvgIpc) is 2.48.